The van der Waals surface area contributed by atoms with Gasteiger partial charge in [-0.15, -0.1) is 0 Å². The molecular formula is C14H16FNO2. The summed E-state index contributed by atoms with van der Waals surface area (Å²) in [6, 6.07) is 6.53. The summed E-state index contributed by atoms with van der Waals surface area (Å²) in [5.41, 5.74) is 0.0281. The largest absolute Gasteiger partial charge is 0.481 e. The van der Waals surface area contributed by atoms with E-state index < -0.39 is 11.4 Å². The number of nitrogens with zero attached hydrogens (tertiary/aromatic N) is 1. The van der Waals surface area contributed by atoms with E-state index in [9.17, 15) is 9.18 Å². The number of hydrogen-bond acceptors (Lipinski definition) is 1. The summed E-state index contributed by atoms with van der Waals surface area (Å²) in [5, 5.41) is 10.0. The van der Waals surface area contributed by atoms with E-state index in [4.69, 9.17) is 5.11 Å². The van der Waals surface area contributed by atoms with Crippen molar-refractivity contribution < 1.29 is 14.3 Å². The Hall–Kier alpha value is -1.84. The normalized spacial score (nSPS) is 11.9. The molecule has 1 heterocycles. The zero-order valence-corrected chi connectivity index (χ0v) is 10.5. The number of hydrogen-bond donors (Lipinski definition) is 1. The predicted octanol–water partition coefficient (Wildman–Crippen LogP) is 3.28. The number of aromatic nitrogens is 1. The van der Waals surface area contributed by atoms with Gasteiger partial charge in [0.05, 0.1) is 10.9 Å². The van der Waals surface area contributed by atoms with Crippen LogP contribution in [-0.4, -0.2) is 15.6 Å². The van der Waals surface area contributed by atoms with Crippen LogP contribution >= 0.6 is 0 Å². The highest BCUT2D eigenvalue weighted by Crippen LogP contribution is 2.24. The van der Waals surface area contributed by atoms with Gasteiger partial charge in [-0.05, 0) is 49.9 Å². The molecule has 0 bridgehead atoms. The van der Waals surface area contributed by atoms with Crippen LogP contribution in [0.1, 0.15) is 20.3 Å². The van der Waals surface area contributed by atoms with E-state index in [0.717, 1.165) is 10.9 Å². The smallest absolute Gasteiger partial charge is 0.309 e. The molecule has 1 N–H and O–H groups in total. The lowest BCUT2D eigenvalue weighted by atomic mass is 9.89. The third kappa shape index (κ3) is 2.37. The number of carboxylic acids is 1. The molecule has 0 aliphatic carbocycles. The summed E-state index contributed by atoms with van der Waals surface area (Å²) in [6.07, 6.45) is 2.37. The fraction of sp³-hybridized carbons (Fsp3) is 0.357. The van der Waals surface area contributed by atoms with Crippen LogP contribution in [0.2, 0.25) is 0 Å². The zero-order valence-electron chi connectivity index (χ0n) is 10.5. The minimum absolute atomic E-state index is 0.278. The molecule has 1 aromatic carbocycles. The molecule has 0 fully saturated rings. The molecule has 0 unspecified atom stereocenters. The predicted molar refractivity (Wildman–Crippen MR) is 67.9 cm³/mol. The summed E-state index contributed by atoms with van der Waals surface area (Å²) < 4.78 is 15.1. The van der Waals surface area contributed by atoms with Crippen molar-refractivity contribution in [3.05, 3.63) is 36.3 Å². The van der Waals surface area contributed by atoms with Crippen LogP contribution in [0.15, 0.2) is 30.5 Å². The highest BCUT2D eigenvalue weighted by atomic mass is 19.1. The number of carbonyl (C=O) groups is 1. The SMILES string of the molecule is CC(C)(CCn1ccc2ccc(F)cc21)C(=O)O. The highest BCUT2D eigenvalue weighted by molar-refractivity contribution is 5.80. The van der Waals surface area contributed by atoms with Crippen LogP contribution < -0.4 is 0 Å². The quantitative estimate of drug-likeness (QED) is 0.903. The third-order valence-electron chi connectivity index (χ3n) is 3.29. The molecule has 0 saturated heterocycles. The van der Waals surface area contributed by atoms with Crippen LogP contribution in [-0.2, 0) is 11.3 Å². The molecule has 0 aliphatic rings. The van der Waals surface area contributed by atoms with Crippen molar-refractivity contribution in [3.8, 4) is 0 Å². The molecule has 1 aromatic heterocycles. The topological polar surface area (TPSA) is 42.2 Å². The average Bonchev–Trinajstić information content (AvgIpc) is 2.68. The summed E-state index contributed by atoms with van der Waals surface area (Å²) >= 11 is 0. The van der Waals surface area contributed by atoms with Crippen LogP contribution in [0.4, 0.5) is 4.39 Å². The zero-order chi connectivity index (χ0) is 13.3. The molecule has 0 saturated carbocycles. The molecule has 3 nitrogen and oxygen atoms in total. The summed E-state index contributed by atoms with van der Waals surface area (Å²) in [4.78, 5) is 11.0. The molecule has 2 aromatic rings. The Labute approximate surface area is 105 Å². The number of aliphatic carboxylic acids is 1. The molecule has 2 rings (SSSR count). The van der Waals surface area contributed by atoms with Gasteiger partial charge in [-0.3, -0.25) is 4.79 Å². The number of benzene rings is 1. The van der Waals surface area contributed by atoms with Gasteiger partial charge in [-0.1, -0.05) is 0 Å². The van der Waals surface area contributed by atoms with Crippen molar-refractivity contribution >= 4 is 16.9 Å². The Balaban J connectivity index is 2.22. The monoisotopic (exact) mass is 249 g/mol. The molecular weight excluding hydrogens is 233 g/mol. The maximum Gasteiger partial charge on any atom is 0.309 e. The lowest BCUT2D eigenvalue weighted by Gasteiger charge is -2.19. The van der Waals surface area contributed by atoms with Gasteiger partial charge < -0.3 is 9.67 Å². The first-order valence-electron chi connectivity index (χ1n) is 5.88. The number of fused-ring (bicyclic) bond motifs is 1. The highest BCUT2D eigenvalue weighted by Gasteiger charge is 2.26. The minimum Gasteiger partial charge on any atom is -0.481 e. The first-order valence-corrected chi connectivity index (χ1v) is 5.88. The maximum atomic E-state index is 13.2. The second kappa shape index (κ2) is 4.44. The van der Waals surface area contributed by atoms with Gasteiger partial charge in [-0.2, -0.15) is 0 Å². The number of carboxylic acid groups (broad SMARTS) is 1. The first kappa shape index (κ1) is 12.6. The minimum atomic E-state index is -0.815. The van der Waals surface area contributed by atoms with Gasteiger partial charge in [0.2, 0.25) is 0 Å². The molecule has 18 heavy (non-hydrogen) atoms. The van der Waals surface area contributed by atoms with Gasteiger partial charge in [0, 0.05) is 12.7 Å². The Morgan fingerprint density at radius 3 is 2.78 bits per heavy atom. The van der Waals surface area contributed by atoms with Gasteiger partial charge in [0.15, 0.2) is 0 Å². The van der Waals surface area contributed by atoms with Crippen LogP contribution in [0, 0.1) is 11.2 Å². The van der Waals surface area contributed by atoms with Crippen molar-refractivity contribution in [1.82, 2.24) is 4.57 Å². The van der Waals surface area contributed by atoms with Gasteiger partial charge in [-0.25, -0.2) is 4.39 Å². The molecule has 0 spiro atoms. The molecule has 0 amide bonds. The Bertz CT molecular complexity index is 586. The third-order valence-corrected chi connectivity index (χ3v) is 3.29. The van der Waals surface area contributed by atoms with Crippen LogP contribution in [0.3, 0.4) is 0 Å². The number of halogens is 1. The standard InChI is InChI=1S/C14H16FNO2/c1-14(2,13(17)18)6-8-16-7-5-10-3-4-11(15)9-12(10)16/h3-5,7,9H,6,8H2,1-2H3,(H,17,18). The second-order valence-corrected chi connectivity index (χ2v) is 5.15. The fourth-order valence-corrected chi connectivity index (χ4v) is 1.86. The van der Waals surface area contributed by atoms with E-state index in [1.165, 1.54) is 12.1 Å². The van der Waals surface area contributed by atoms with E-state index in [2.05, 4.69) is 0 Å². The van der Waals surface area contributed by atoms with E-state index in [1.807, 2.05) is 16.8 Å². The van der Waals surface area contributed by atoms with Crippen molar-refractivity contribution in [2.45, 2.75) is 26.8 Å². The van der Waals surface area contributed by atoms with E-state index in [1.54, 1.807) is 19.9 Å². The van der Waals surface area contributed by atoms with Crippen LogP contribution in [0.5, 0.6) is 0 Å². The second-order valence-electron chi connectivity index (χ2n) is 5.15. The Morgan fingerprint density at radius 2 is 2.11 bits per heavy atom. The van der Waals surface area contributed by atoms with Gasteiger partial charge in [0.1, 0.15) is 5.82 Å². The summed E-state index contributed by atoms with van der Waals surface area (Å²) in [6.45, 7) is 3.95. The Morgan fingerprint density at radius 1 is 1.39 bits per heavy atom. The molecule has 0 atom stereocenters. The first-order chi connectivity index (χ1) is 8.40. The maximum absolute atomic E-state index is 13.2. The van der Waals surface area contributed by atoms with Crippen molar-refractivity contribution in [2.75, 3.05) is 0 Å². The van der Waals surface area contributed by atoms with Crippen molar-refractivity contribution in [2.24, 2.45) is 5.41 Å². The number of rotatable bonds is 4. The van der Waals surface area contributed by atoms with E-state index in [0.29, 0.717) is 13.0 Å². The van der Waals surface area contributed by atoms with Crippen LogP contribution in [0.25, 0.3) is 10.9 Å². The van der Waals surface area contributed by atoms with Gasteiger partial charge >= 0.3 is 5.97 Å². The number of aryl methyl sites for hydroxylation is 1. The van der Waals surface area contributed by atoms with E-state index in [-0.39, 0.29) is 5.82 Å². The van der Waals surface area contributed by atoms with Crippen molar-refractivity contribution in [1.29, 1.82) is 0 Å². The molecule has 4 heteroatoms. The average molecular weight is 249 g/mol. The summed E-state index contributed by atoms with van der Waals surface area (Å²) in [7, 11) is 0. The molecule has 0 radical (unpaired) electrons. The Kier molecular flexibility index (Phi) is 3.11. The molecule has 96 valence electrons. The van der Waals surface area contributed by atoms with Gasteiger partial charge in [0.25, 0.3) is 0 Å². The fourth-order valence-electron chi connectivity index (χ4n) is 1.86. The lowest BCUT2D eigenvalue weighted by Crippen LogP contribution is -2.25. The lowest BCUT2D eigenvalue weighted by molar-refractivity contribution is -0.147. The van der Waals surface area contributed by atoms with E-state index >= 15 is 0 Å². The summed E-state index contributed by atoms with van der Waals surface area (Å²) in [5.74, 6) is -1.09. The van der Waals surface area contributed by atoms with Crippen molar-refractivity contribution in [3.63, 3.8) is 0 Å². The molecule has 0 aliphatic heterocycles.